The van der Waals surface area contributed by atoms with Crippen molar-refractivity contribution in [3.05, 3.63) is 263 Å². The Balaban J connectivity index is 0.732. The fraction of sp³-hybridized carbons (Fsp3) is 0.565. The number of fused-ring (bicyclic) bond motifs is 8. The molecule has 2 atom stereocenters. The third-order valence-corrected chi connectivity index (χ3v) is 43.2. The van der Waals surface area contributed by atoms with Crippen LogP contribution in [0.4, 0.5) is 34.1 Å². The largest absolute Gasteiger partial charge is 0.496 e. The zero-order valence-corrected chi connectivity index (χ0v) is 95.6. The molecule has 0 aromatic heterocycles. The van der Waals surface area contributed by atoms with E-state index in [1.165, 1.54) is 44.5 Å². The van der Waals surface area contributed by atoms with E-state index < -0.39 is 24.0 Å². The number of hydrogen-bond acceptors (Lipinski definition) is 6. The minimum atomic E-state index is -1.01. The van der Waals surface area contributed by atoms with Crippen LogP contribution in [0.15, 0.2) is 158 Å². The summed E-state index contributed by atoms with van der Waals surface area (Å²) in [5.74, 6) is -0.793. The fourth-order valence-corrected chi connectivity index (χ4v) is 35.9. The maximum atomic E-state index is 13.3. The van der Waals surface area contributed by atoms with E-state index in [0.29, 0.717) is 11.3 Å². The van der Waals surface area contributed by atoms with Crippen LogP contribution in [-0.2, 0) is 93.2 Å². The first kappa shape index (κ1) is 104. The molecular formula is C138H182N2O4. The molecule has 19 rings (SSSR count). The van der Waals surface area contributed by atoms with E-state index in [0.717, 1.165) is 199 Å². The summed E-state index contributed by atoms with van der Waals surface area (Å²) in [5.41, 5.74) is 44.8. The molecule has 10 aromatic rings. The number of ether oxygens (including phenoxy) is 1. The van der Waals surface area contributed by atoms with Crippen LogP contribution >= 0.6 is 0 Å². The second kappa shape index (κ2) is 35.6. The lowest BCUT2D eigenvalue weighted by molar-refractivity contribution is -0.0796. The summed E-state index contributed by atoms with van der Waals surface area (Å²) in [6.07, 6.45) is 25.0. The van der Waals surface area contributed by atoms with Gasteiger partial charge >= 0.3 is 0 Å². The molecule has 1 saturated carbocycles. The van der Waals surface area contributed by atoms with Gasteiger partial charge in [0.2, 0.25) is 0 Å². The topological polar surface area (TPSA) is 76.4 Å². The van der Waals surface area contributed by atoms with Gasteiger partial charge in [-0.15, -0.1) is 0 Å². The molecule has 9 aliphatic rings. The first-order valence-electron chi connectivity index (χ1n) is 57.7. The van der Waals surface area contributed by atoms with E-state index in [9.17, 15) is 15.3 Å². The van der Waals surface area contributed by atoms with Crippen molar-refractivity contribution in [1.29, 1.82) is 0 Å². The van der Waals surface area contributed by atoms with Crippen molar-refractivity contribution in [2.45, 2.75) is 493 Å². The summed E-state index contributed by atoms with van der Waals surface area (Å²) in [5, 5.41) is 38.7. The van der Waals surface area contributed by atoms with Gasteiger partial charge in [-0.2, -0.15) is 0 Å². The highest BCUT2D eigenvalue weighted by atomic mass is 16.5. The number of aliphatic hydroxyl groups is 3. The minimum absolute atomic E-state index is 0.0356. The number of anilines is 6. The second-order valence-electron chi connectivity index (χ2n) is 53.6. The molecule has 6 heteroatoms. The number of hydrogen-bond donors (Lipinski definition) is 3. The van der Waals surface area contributed by atoms with Gasteiger partial charge in [-0.3, -0.25) is 0 Å². The molecule has 0 aliphatic heterocycles. The minimum Gasteiger partial charge on any atom is -0.496 e. The molecule has 144 heavy (non-hydrogen) atoms. The number of aliphatic hydroxyl groups excluding tert-OH is 3. The molecule has 6 nitrogen and oxygen atoms in total. The average molecular weight is 1930 g/mol. The van der Waals surface area contributed by atoms with Crippen molar-refractivity contribution in [2.24, 2.45) is 0 Å². The monoisotopic (exact) mass is 1930 g/mol. The normalized spacial score (nSPS) is 23.2. The quantitative estimate of drug-likeness (QED) is 0.0417. The third-order valence-electron chi connectivity index (χ3n) is 43.2. The number of nitrogens with zero attached hydrogens (tertiary/aromatic N) is 2. The summed E-state index contributed by atoms with van der Waals surface area (Å²) in [4.78, 5) is 4.83. The van der Waals surface area contributed by atoms with Crippen molar-refractivity contribution in [3.8, 4) is 50.3 Å². The standard InChI is InChI=1S/C138H182N2O4/c1-34-131(35-2)77-123(17,18)113-98(131)72-99-114(124(19,20)78-132(99,36-3)37-4)107(113)85-50-58-90(59-51-85)139(91-60-52-86(53-61-91)108-115-100(133(38-5,39-6)79-125(115,21)22)73-101-116(108)126(23,24)80-134(101,40-7)41-8)94-66-68-96(89(70-94)76-141)111-121(142)112(122(111)143)97-69-67-95(71-106(97)144-33)140(92-62-54-87(55-63-92)109-117-102(135(42-9,43-10)81-127(117,25)26)74-103-118(109)128(27,28)82-136(103,44-11)45-12)93-64-56-88(57-65-93)110-119-104(137(46-13,47-14)83-129(119,29)30)75-105-120(110)130(31,32)84-138(105,48-15)49-16/h50-75,111-112,121-122,141-143H,34-49,76-84H2,1-33H3. The molecule has 3 N–H and O–H groups in total. The number of methoxy groups -OCH3 is 1. The summed E-state index contributed by atoms with van der Waals surface area (Å²) in [7, 11) is 1.74. The van der Waals surface area contributed by atoms with E-state index in [1.807, 2.05) is 0 Å². The zero-order chi connectivity index (χ0) is 104. The molecule has 1 fully saturated rings. The summed E-state index contributed by atoms with van der Waals surface area (Å²) in [6.45, 7) is 79.4. The molecule has 0 heterocycles. The van der Waals surface area contributed by atoms with Gasteiger partial charge in [0.05, 0.1) is 25.9 Å². The summed E-state index contributed by atoms with van der Waals surface area (Å²) < 4.78 is 6.67. The first-order chi connectivity index (χ1) is 68.0. The molecule has 0 saturated heterocycles. The Morgan fingerprint density at radius 2 is 0.410 bits per heavy atom. The van der Waals surface area contributed by atoms with Gasteiger partial charge in [0.25, 0.3) is 0 Å². The first-order valence-corrected chi connectivity index (χ1v) is 57.7. The molecule has 9 aliphatic carbocycles. The smallest absolute Gasteiger partial charge is 0.124 e. The lowest BCUT2D eigenvalue weighted by atomic mass is 9.62. The van der Waals surface area contributed by atoms with Crippen molar-refractivity contribution in [3.63, 3.8) is 0 Å². The van der Waals surface area contributed by atoms with Crippen LogP contribution < -0.4 is 14.5 Å². The molecule has 0 spiro atoms. The highest BCUT2D eigenvalue weighted by Gasteiger charge is 2.61. The highest BCUT2D eigenvalue weighted by Crippen LogP contribution is 2.71. The Labute approximate surface area is 871 Å². The van der Waals surface area contributed by atoms with Crippen molar-refractivity contribution in [1.82, 2.24) is 0 Å². The van der Waals surface area contributed by atoms with Crippen LogP contribution in [0.5, 0.6) is 5.75 Å². The van der Waals surface area contributed by atoms with Crippen LogP contribution in [0.25, 0.3) is 44.5 Å². The Bertz CT molecular complexity index is 5650. The van der Waals surface area contributed by atoms with Gasteiger partial charge in [0, 0.05) is 57.6 Å². The maximum absolute atomic E-state index is 13.3. The van der Waals surface area contributed by atoms with E-state index in [1.54, 1.807) is 96.1 Å². The van der Waals surface area contributed by atoms with Gasteiger partial charge < -0.3 is 29.9 Å². The molecular weight excluding hydrogens is 1750 g/mol. The number of rotatable bonds is 30. The predicted octanol–water partition coefficient (Wildman–Crippen LogP) is 37.3. The zero-order valence-electron chi connectivity index (χ0n) is 95.6. The molecule has 768 valence electrons. The van der Waals surface area contributed by atoms with Gasteiger partial charge in [0.1, 0.15) is 5.75 Å². The summed E-state index contributed by atoms with van der Waals surface area (Å²) >= 11 is 0. The van der Waals surface area contributed by atoms with E-state index in [-0.39, 0.29) is 93.2 Å². The molecule has 0 radical (unpaired) electrons. The lowest BCUT2D eigenvalue weighted by Crippen LogP contribution is -2.52. The maximum Gasteiger partial charge on any atom is 0.124 e. The van der Waals surface area contributed by atoms with Gasteiger partial charge in [0.15, 0.2) is 0 Å². The molecule has 10 aromatic carbocycles. The van der Waals surface area contributed by atoms with Crippen molar-refractivity contribution >= 4 is 34.1 Å². The van der Waals surface area contributed by atoms with E-state index >= 15 is 0 Å². The lowest BCUT2D eigenvalue weighted by Gasteiger charge is -2.48. The molecule has 0 bridgehead atoms. The van der Waals surface area contributed by atoms with Crippen LogP contribution in [0.1, 0.15) is 493 Å². The highest BCUT2D eigenvalue weighted by molar-refractivity contribution is 5.90. The van der Waals surface area contributed by atoms with E-state index in [4.69, 9.17) is 4.74 Å². The Morgan fingerprint density at radius 3 is 0.590 bits per heavy atom. The molecule has 0 amide bonds. The van der Waals surface area contributed by atoms with Crippen LogP contribution in [0, 0.1) is 0 Å². The Kier molecular flexibility index (Phi) is 25.7. The van der Waals surface area contributed by atoms with Gasteiger partial charge in [-0.25, -0.2) is 0 Å². The second-order valence-corrected chi connectivity index (χ2v) is 53.6. The third kappa shape index (κ3) is 14.8. The SMILES string of the molecule is CCC1(CC)CC(C)(C)c2c1cc1c(c2-c2ccc(N(c3ccc(-c4c5c(cc6c4C(C)(C)CC6(CC)CC)C(CC)(CC)CC5(C)C)cc3)c3ccc(C4C(O)C(c5ccc(N(c6ccc(-c7c8c(cc9c7C(C)(C)CC9(CC)CC)C(CC)(CC)CC8(C)C)cc6)c6ccc(-c7c8c(cc9c7C(C)(C)CC9(CC)CC)C(CC)(CC)CC8(C)C)cc6)cc5OC)C4O)c(CO)c3)cc2)C(C)(C)CC1(CC)CC. The Morgan fingerprint density at radius 1 is 0.236 bits per heavy atom. The summed E-state index contributed by atoms with van der Waals surface area (Å²) in [6, 6.07) is 62.6. The van der Waals surface area contributed by atoms with Gasteiger partial charge in [-0.1, -0.05) is 306 Å². The van der Waals surface area contributed by atoms with Gasteiger partial charge in [-0.05, 0) is 452 Å². The van der Waals surface area contributed by atoms with Crippen molar-refractivity contribution in [2.75, 3.05) is 16.9 Å². The van der Waals surface area contributed by atoms with Crippen LogP contribution in [0.2, 0.25) is 0 Å². The van der Waals surface area contributed by atoms with Crippen molar-refractivity contribution < 1.29 is 20.1 Å². The fourth-order valence-electron chi connectivity index (χ4n) is 35.9. The predicted molar refractivity (Wildman–Crippen MR) is 613 cm³/mol. The van der Waals surface area contributed by atoms with Crippen LogP contribution in [-0.4, -0.2) is 34.6 Å². The van der Waals surface area contributed by atoms with E-state index in [2.05, 4.69) is 389 Å². The Hall–Kier alpha value is -8.52. The molecule has 2 unspecified atom stereocenters. The van der Waals surface area contributed by atoms with Crippen LogP contribution in [0.3, 0.4) is 0 Å². The average Bonchev–Trinajstić information content (AvgIpc) is 1.53. The number of benzene rings is 10.